The van der Waals surface area contributed by atoms with Crippen molar-refractivity contribution in [2.45, 2.75) is 33.7 Å². The molecule has 0 unspecified atom stereocenters. The van der Waals surface area contributed by atoms with E-state index in [1.807, 2.05) is 0 Å². The van der Waals surface area contributed by atoms with Gasteiger partial charge in [-0.1, -0.05) is 13.0 Å². The van der Waals surface area contributed by atoms with Gasteiger partial charge in [0.2, 0.25) is 5.91 Å². The van der Waals surface area contributed by atoms with Gasteiger partial charge in [-0.25, -0.2) is 14.1 Å². The highest BCUT2D eigenvalue weighted by Crippen LogP contribution is 2.48. The van der Waals surface area contributed by atoms with E-state index in [4.69, 9.17) is 14.8 Å². The van der Waals surface area contributed by atoms with Crippen molar-refractivity contribution in [2.24, 2.45) is 5.73 Å². The molecule has 0 bridgehead atoms. The van der Waals surface area contributed by atoms with E-state index in [0.717, 1.165) is 0 Å². The summed E-state index contributed by atoms with van der Waals surface area (Å²) < 4.78 is 40.3. The smallest absolute Gasteiger partial charge is 0.332 e. The largest absolute Gasteiger partial charge is 0.404 e. The quantitative estimate of drug-likeness (QED) is 0.386. The second-order valence-corrected chi connectivity index (χ2v) is 9.31. The number of carbonyl (C=O) groups is 1. The summed E-state index contributed by atoms with van der Waals surface area (Å²) in [6, 6.07) is 6.42. The molecule has 0 fully saturated rings. The summed E-state index contributed by atoms with van der Waals surface area (Å²) in [5, 5.41) is 7.36. The van der Waals surface area contributed by atoms with Gasteiger partial charge in [-0.15, -0.1) is 0 Å². The van der Waals surface area contributed by atoms with Crippen molar-refractivity contribution in [1.82, 2.24) is 19.7 Å². The van der Waals surface area contributed by atoms with E-state index < -0.39 is 13.4 Å². The minimum atomic E-state index is -3.37. The van der Waals surface area contributed by atoms with Gasteiger partial charge in [0.15, 0.2) is 17.3 Å². The number of hydrogen-bond acceptors (Lipinski definition) is 8. The Bertz CT molecular complexity index is 1220. The lowest BCUT2D eigenvalue weighted by Gasteiger charge is -2.17. The third-order valence-corrected chi connectivity index (χ3v) is 6.91. The molecule has 182 valence electrons. The van der Waals surface area contributed by atoms with Crippen LogP contribution in [-0.4, -0.2) is 45.0 Å². The Hall–Kier alpha value is -3.14. The van der Waals surface area contributed by atoms with Crippen LogP contribution in [0.2, 0.25) is 0 Å². The van der Waals surface area contributed by atoms with Crippen molar-refractivity contribution in [3.63, 3.8) is 0 Å². The van der Waals surface area contributed by atoms with Crippen LogP contribution in [0.25, 0.3) is 16.6 Å². The summed E-state index contributed by atoms with van der Waals surface area (Å²) in [4.78, 5) is 20.7. The van der Waals surface area contributed by atoms with Gasteiger partial charge >= 0.3 is 7.60 Å². The Morgan fingerprint density at radius 2 is 2.00 bits per heavy atom. The first-order valence-electron chi connectivity index (χ1n) is 10.9. The number of nitrogens with two attached hydrogens (primary N) is 1. The molecule has 0 atom stereocenters. The van der Waals surface area contributed by atoms with Gasteiger partial charge in [0, 0.05) is 24.4 Å². The molecule has 0 aromatic carbocycles. The van der Waals surface area contributed by atoms with E-state index >= 15 is 4.39 Å². The molecule has 34 heavy (non-hydrogen) atoms. The molecule has 0 saturated heterocycles. The summed E-state index contributed by atoms with van der Waals surface area (Å²) in [6.45, 7) is 5.68. The minimum Gasteiger partial charge on any atom is -0.404 e. The predicted molar refractivity (Wildman–Crippen MR) is 128 cm³/mol. The molecule has 0 spiro atoms. The summed E-state index contributed by atoms with van der Waals surface area (Å²) in [5.41, 5.74) is 6.79. The number of pyridine rings is 2. The molecule has 10 nitrogen and oxygen atoms in total. The van der Waals surface area contributed by atoms with Crippen LogP contribution in [0, 0.1) is 5.82 Å². The molecule has 1 amide bonds. The van der Waals surface area contributed by atoms with E-state index in [9.17, 15) is 9.36 Å². The molecule has 0 aliphatic rings. The Kier molecular flexibility index (Phi) is 8.49. The monoisotopic (exact) mass is 490 g/mol. The fraction of sp³-hybridized carbons (Fsp3) is 0.364. The fourth-order valence-electron chi connectivity index (χ4n) is 3.31. The number of aromatic nitrogens is 4. The number of hydrogen-bond donors (Lipinski definition) is 2. The predicted octanol–water partition coefficient (Wildman–Crippen LogP) is 3.93. The molecule has 3 rings (SSSR count). The van der Waals surface area contributed by atoms with Gasteiger partial charge < -0.3 is 20.1 Å². The van der Waals surface area contributed by atoms with E-state index in [1.54, 1.807) is 45.2 Å². The summed E-state index contributed by atoms with van der Waals surface area (Å²) in [6.07, 6.45) is 3.03. The number of anilines is 1. The maximum Gasteiger partial charge on any atom is 0.332 e. The van der Waals surface area contributed by atoms with Crippen LogP contribution in [0.5, 0.6) is 0 Å². The number of rotatable bonds is 11. The first-order chi connectivity index (χ1) is 16.4. The van der Waals surface area contributed by atoms with Gasteiger partial charge in [-0.2, -0.15) is 5.10 Å². The van der Waals surface area contributed by atoms with Crippen LogP contribution < -0.4 is 11.1 Å². The second kappa shape index (κ2) is 11.3. The van der Waals surface area contributed by atoms with Crippen molar-refractivity contribution in [3.05, 3.63) is 53.9 Å². The van der Waals surface area contributed by atoms with E-state index in [2.05, 4.69) is 20.4 Å². The molecular weight excluding hydrogens is 462 g/mol. The number of fused-ring (bicyclic) bond motifs is 1. The van der Waals surface area contributed by atoms with Crippen LogP contribution in [0.15, 0.2) is 36.7 Å². The molecule has 0 saturated carbocycles. The Morgan fingerprint density at radius 3 is 2.59 bits per heavy atom. The van der Waals surface area contributed by atoms with Gasteiger partial charge in [-0.05, 0) is 32.0 Å². The molecule has 0 aliphatic heterocycles. The first-order valence-corrected chi connectivity index (χ1v) is 12.7. The Morgan fingerprint density at radius 1 is 1.26 bits per heavy atom. The van der Waals surface area contributed by atoms with E-state index in [-0.39, 0.29) is 55.4 Å². The average molecular weight is 490 g/mol. The molecule has 3 heterocycles. The SMILES string of the molecule is CCOP(=O)(CCn1nc(NC(=O)CC)c2cc(F)c(C(=CN)c3ccccn3)nc21)OCC. The van der Waals surface area contributed by atoms with E-state index in [1.165, 1.54) is 16.9 Å². The van der Waals surface area contributed by atoms with Gasteiger partial charge in [-0.3, -0.25) is 14.3 Å². The summed E-state index contributed by atoms with van der Waals surface area (Å²) >= 11 is 0. The lowest BCUT2D eigenvalue weighted by atomic mass is 10.1. The van der Waals surface area contributed by atoms with Crippen molar-refractivity contribution >= 4 is 35.9 Å². The molecule has 0 aliphatic carbocycles. The number of nitrogens with zero attached hydrogens (tertiary/aromatic N) is 4. The van der Waals surface area contributed by atoms with Crippen molar-refractivity contribution in [1.29, 1.82) is 0 Å². The molecule has 12 heteroatoms. The zero-order chi connectivity index (χ0) is 24.7. The zero-order valence-corrected chi connectivity index (χ0v) is 20.2. The van der Waals surface area contributed by atoms with Gasteiger partial charge in [0.1, 0.15) is 5.69 Å². The average Bonchev–Trinajstić information content (AvgIpc) is 3.15. The zero-order valence-electron chi connectivity index (χ0n) is 19.3. The summed E-state index contributed by atoms with van der Waals surface area (Å²) in [5.74, 6) is -0.796. The highest BCUT2D eigenvalue weighted by atomic mass is 31.2. The maximum absolute atomic E-state index is 15.2. The summed E-state index contributed by atoms with van der Waals surface area (Å²) in [7, 11) is -3.37. The number of nitrogens with one attached hydrogen (secondary N) is 1. The van der Waals surface area contributed by atoms with Crippen LogP contribution >= 0.6 is 7.60 Å². The number of halogens is 1. The molecule has 3 aromatic heterocycles. The van der Waals surface area contributed by atoms with E-state index in [0.29, 0.717) is 16.7 Å². The lowest BCUT2D eigenvalue weighted by Crippen LogP contribution is -2.12. The van der Waals surface area contributed by atoms with Crippen molar-refractivity contribution < 1.29 is 22.8 Å². The third kappa shape index (κ3) is 5.67. The first kappa shape index (κ1) is 25.5. The molecule has 3 aromatic rings. The Labute approximate surface area is 196 Å². The standard InChI is InChI=1S/C22H28FN6O4P/c1-4-19(30)26-21-15-13-17(23)20(16(14-24)18-9-7-8-10-25-18)27-22(15)29(28-21)11-12-34(31,32-5-2)33-6-3/h7-10,13-14H,4-6,11-12,24H2,1-3H3,(H,26,28,30). The highest BCUT2D eigenvalue weighted by molar-refractivity contribution is 7.53. The van der Waals surface area contributed by atoms with Crippen molar-refractivity contribution in [2.75, 3.05) is 24.7 Å². The topological polar surface area (TPSA) is 134 Å². The van der Waals surface area contributed by atoms with Gasteiger partial charge in [0.25, 0.3) is 0 Å². The highest BCUT2D eigenvalue weighted by Gasteiger charge is 2.26. The molecular formula is C22H28FN6O4P. The Balaban J connectivity index is 2.10. The minimum absolute atomic E-state index is 0.0147. The number of aryl methyl sites for hydroxylation is 1. The second-order valence-electron chi connectivity index (χ2n) is 7.13. The third-order valence-electron chi connectivity index (χ3n) is 4.86. The number of carbonyl (C=O) groups excluding carboxylic acids is 1. The number of amides is 1. The maximum atomic E-state index is 15.2. The van der Waals surface area contributed by atoms with Gasteiger partial charge in [0.05, 0.1) is 37.0 Å². The van der Waals surface area contributed by atoms with Crippen LogP contribution in [-0.2, 0) is 25.0 Å². The van der Waals surface area contributed by atoms with Crippen LogP contribution in [0.3, 0.4) is 0 Å². The molecule has 0 radical (unpaired) electrons. The fourth-order valence-corrected chi connectivity index (χ4v) is 4.87. The van der Waals surface area contributed by atoms with Crippen LogP contribution in [0.1, 0.15) is 38.6 Å². The lowest BCUT2D eigenvalue weighted by molar-refractivity contribution is -0.115. The van der Waals surface area contributed by atoms with Crippen molar-refractivity contribution in [3.8, 4) is 0 Å². The normalized spacial score (nSPS) is 12.3. The molecule has 3 N–H and O–H groups in total. The van der Waals surface area contributed by atoms with Crippen LogP contribution in [0.4, 0.5) is 10.2 Å².